The SMILES string of the molecule is CCCC1CCN(C(=O)c2cccc(O)c2O)C1. The molecule has 1 aliphatic rings. The third-order valence-corrected chi connectivity index (χ3v) is 3.52. The molecular weight excluding hydrogens is 230 g/mol. The van der Waals surface area contributed by atoms with Gasteiger partial charge >= 0.3 is 0 Å². The van der Waals surface area contributed by atoms with E-state index in [1.165, 1.54) is 6.07 Å². The van der Waals surface area contributed by atoms with Crippen molar-refractivity contribution in [1.29, 1.82) is 0 Å². The van der Waals surface area contributed by atoms with E-state index in [4.69, 9.17) is 0 Å². The van der Waals surface area contributed by atoms with Gasteiger partial charge in [-0.05, 0) is 30.9 Å². The molecule has 4 nitrogen and oxygen atoms in total. The van der Waals surface area contributed by atoms with Gasteiger partial charge in [-0.1, -0.05) is 19.4 Å². The van der Waals surface area contributed by atoms with Crippen molar-refractivity contribution in [1.82, 2.24) is 4.90 Å². The average molecular weight is 249 g/mol. The number of hydrogen-bond donors (Lipinski definition) is 2. The molecule has 1 amide bonds. The van der Waals surface area contributed by atoms with Crippen molar-refractivity contribution in [2.45, 2.75) is 26.2 Å². The van der Waals surface area contributed by atoms with Crippen LogP contribution >= 0.6 is 0 Å². The largest absolute Gasteiger partial charge is 0.504 e. The van der Waals surface area contributed by atoms with Crippen molar-refractivity contribution in [2.75, 3.05) is 13.1 Å². The summed E-state index contributed by atoms with van der Waals surface area (Å²) in [5, 5.41) is 19.1. The fraction of sp³-hybridized carbons (Fsp3) is 0.500. The van der Waals surface area contributed by atoms with Crippen LogP contribution in [-0.2, 0) is 0 Å². The lowest BCUT2D eigenvalue weighted by atomic mass is 10.0. The van der Waals surface area contributed by atoms with Crippen molar-refractivity contribution in [3.63, 3.8) is 0 Å². The minimum atomic E-state index is -0.318. The molecule has 0 spiro atoms. The highest BCUT2D eigenvalue weighted by Crippen LogP contribution is 2.31. The average Bonchev–Trinajstić information content (AvgIpc) is 2.81. The summed E-state index contributed by atoms with van der Waals surface area (Å²) in [4.78, 5) is 14.0. The summed E-state index contributed by atoms with van der Waals surface area (Å²) in [6.45, 7) is 3.63. The van der Waals surface area contributed by atoms with Crippen molar-refractivity contribution in [3.8, 4) is 11.5 Å². The van der Waals surface area contributed by atoms with E-state index in [9.17, 15) is 15.0 Å². The zero-order chi connectivity index (χ0) is 13.1. The van der Waals surface area contributed by atoms with Crippen LogP contribution in [0.1, 0.15) is 36.5 Å². The molecule has 0 radical (unpaired) electrons. The highest BCUT2D eigenvalue weighted by Gasteiger charge is 2.28. The molecule has 2 rings (SSSR count). The van der Waals surface area contributed by atoms with E-state index >= 15 is 0 Å². The fourth-order valence-electron chi connectivity index (χ4n) is 2.54. The van der Waals surface area contributed by atoms with Crippen molar-refractivity contribution in [2.24, 2.45) is 5.92 Å². The molecule has 0 aromatic heterocycles. The Bertz CT molecular complexity index is 445. The Kier molecular flexibility index (Phi) is 3.75. The number of carbonyl (C=O) groups excluding carboxylic acids is 1. The molecule has 1 saturated heterocycles. The molecule has 0 saturated carbocycles. The number of para-hydroxylation sites is 1. The molecule has 0 bridgehead atoms. The Balaban J connectivity index is 2.11. The highest BCUT2D eigenvalue weighted by molar-refractivity contribution is 5.97. The van der Waals surface area contributed by atoms with Crippen LogP contribution in [0.3, 0.4) is 0 Å². The van der Waals surface area contributed by atoms with Crippen molar-refractivity contribution >= 4 is 5.91 Å². The predicted molar refractivity (Wildman–Crippen MR) is 68.7 cm³/mol. The first-order chi connectivity index (χ1) is 8.63. The topological polar surface area (TPSA) is 60.8 Å². The van der Waals surface area contributed by atoms with Gasteiger partial charge in [-0.15, -0.1) is 0 Å². The molecule has 98 valence electrons. The van der Waals surface area contributed by atoms with Crippen LogP contribution in [0, 0.1) is 5.92 Å². The second kappa shape index (κ2) is 5.29. The van der Waals surface area contributed by atoms with Gasteiger partial charge in [0.05, 0.1) is 5.56 Å². The first kappa shape index (κ1) is 12.7. The number of phenolic OH excluding ortho intramolecular Hbond substituents is 2. The number of likely N-dealkylation sites (tertiary alicyclic amines) is 1. The van der Waals surface area contributed by atoms with Crippen LogP contribution in [0.25, 0.3) is 0 Å². The molecule has 2 N–H and O–H groups in total. The van der Waals surface area contributed by atoms with Gasteiger partial charge in [-0.2, -0.15) is 0 Å². The van der Waals surface area contributed by atoms with Gasteiger partial charge in [0, 0.05) is 13.1 Å². The maximum Gasteiger partial charge on any atom is 0.257 e. The van der Waals surface area contributed by atoms with E-state index in [1.807, 2.05) is 0 Å². The normalized spacial score (nSPS) is 19.2. The Labute approximate surface area is 107 Å². The molecule has 1 fully saturated rings. The van der Waals surface area contributed by atoms with Crippen molar-refractivity contribution < 1.29 is 15.0 Å². The molecular formula is C14H19NO3. The van der Waals surface area contributed by atoms with E-state index in [2.05, 4.69) is 6.92 Å². The maximum atomic E-state index is 12.2. The lowest BCUT2D eigenvalue weighted by molar-refractivity contribution is 0.0783. The lowest BCUT2D eigenvalue weighted by Gasteiger charge is -2.17. The Hall–Kier alpha value is -1.71. The minimum absolute atomic E-state index is 0.187. The molecule has 1 aromatic rings. The van der Waals surface area contributed by atoms with Crippen LogP contribution in [0.15, 0.2) is 18.2 Å². The number of aromatic hydroxyl groups is 2. The molecule has 0 aliphatic carbocycles. The van der Waals surface area contributed by atoms with Crippen molar-refractivity contribution in [3.05, 3.63) is 23.8 Å². The summed E-state index contributed by atoms with van der Waals surface area (Å²) < 4.78 is 0. The third kappa shape index (κ3) is 2.42. The number of phenols is 2. The number of benzene rings is 1. The monoisotopic (exact) mass is 249 g/mol. The quantitative estimate of drug-likeness (QED) is 0.808. The zero-order valence-corrected chi connectivity index (χ0v) is 10.6. The summed E-state index contributed by atoms with van der Waals surface area (Å²) in [7, 11) is 0. The first-order valence-corrected chi connectivity index (χ1v) is 6.43. The Morgan fingerprint density at radius 2 is 2.22 bits per heavy atom. The summed E-state index contributed by atoms with van der Waals surface area (Å²) in [6.07, 6.45) is 3.29. The number of nitrogens with zero attached hydrogens (tertiary/aromatic N) is 1. The number of amides is 1. The zero-order valence-electron chi connectivity index (χ0n) is 10.6. The lowest BCUT2D eigenvalue weighted by Crippen LogP contribution is -2.28. The summed E-state index contributed by atoms with van der Waals surface area (Å²) in [5.41, 5.74) is 0.187. The molecule has 1 atom stereocenters. The minimum Gasteiger partial charge on any atom is -0.504 e. The van der Waals surface area contributed by atoms with Gasteiger partial charge in [0.1, 0.15) is 0 Å². The molecule has 1 aliphatic heterocycles. The second-order valence-electron chi connectivity index (χ2n) is 4.87. The van der Waals surface area contributed by atoms with E-state index in [-0.39, 0.29) is 23.0 Å². The standard InChI is InChI=1S/C14H19NO3/c1-2-4-10-7-8-15(9-10)14(18)11-5-3-6-12(16)13(11)17/h3,5-6,10,16-17H,2,4,7-9H2,1H3. The highest BCUT2D eigenvalue weighted by atomic mass is 16.3. The van der Waals surface area contributed by atoms with Gasteiger partial charge in [-0.3, -0.25) is 4.79 Å². The van der Waals surface area contributed by atoms with Crippen LogP contribution in [0.2, 0.25) is 0 Å². The van der Waals surface area contributed by atoms with Crippen LogP contribution < -0.4 is 0 Å². The van der Waals surface area contributed by atoms with Crippen LogP contribution in [-0.4, -0.2) is 34.1 Å². The Morgan fingerprint density at radius 3 is 2.94 bits per heavy atom. The van der Waals surface area contributed by atoms with Gasteiger partial charge in [0.15, 0.2) is 11.5 Å². The molecule has 18 heavy (non-hydrogen) atoms. The number of rotatable bonds is 3. The van der Waals surface area contributed by atoms with Crippen LogP contribution in [0.5, 0.6) is 11.5 Å². The summed E-state index contributed by atoms with van der Waals surface area (Å²) >= 11 is 0. The Morgan fingerprint density at radius 1 is 1.44 bits per heavy atom. The smallest absolute Gasteiger partial charge is 0.257 e. The third-order valence-electron chi connectivity index (χ3n) is 3.52. The molecule has 1 aromatic carbocycles. The van der Waals surface area contributed by atoms with Gasteiger partial charge in [0.25, 0.3) is 5.91 Å². The number of carbonyl (C=O) groups is 1. The molecule has 1 unspecified atom stereocenters. The van der Waals surface area contributed by atoms with Gasteiger partial charge in [0.2, 0.25) is 0 Å². The van der Waals surface area contributed by atoms with E-state index < -0.39 is 0 Å². The van der Waals surface area contributed by atoms with Crippen LogP contribution in [0.4, 0.5) is 0 Å². The van der Waals surface area contributed by atoms with Gasteiger partial charge in [-0.25, -0.2) is 0 Å². The molecule has 1 heterocycles. The summed E-state index contributed by atoms with van der Waals surface area (Å²) in [6, 6.07) is 4.49. The first-order valence-electron chi connectivity index (χ1n) is 6.43. The fourth-order valence-corrected chi connectivity index (χ4v) is 2.54. The van der Waals surface area contributed by atoms with E-state index in [0.717, 1.165) is 32.4 Å². The van der Waals surface area contributed by atoms with E-state index in [0.29, 0.717) is 5.92 Å². The van der Waals surface area contributed by atoms with Gasteiger partial charge < -0.3 is 15.1 Å². The predicted octanol–water partition coefficient (Wildman–Crippen LogP) is 2.36. The summed E-state index contributed by atoms with van der Waals surface area (Å²) in [5.74, 6) is -0.188. The maximum absolute atomic E-state index is 12.2. The molecule has 4 heteroatoms. The second-order valence-corrected chi connectivity index (χ2v) is 4.87. The number of hydrogen-bond acceptors (Lipinski definition) is 3. The van der Waals surface area contributed by atoms with E-state index in [1.54, 1.807) is 17.0 Å².